The van der Waals surface area contributed by atoms with E-state index in [0.717, 1.165) is 21.3 Å². The summed E-state index contributed by atoms with van der Waals surface area (Å²) in [6, 6.07) is 7.90. The molecule has 0 amide bonds. The van der Waals surface area contributed by atoms with Gasteiger partial charge in [-0.15, -0.1) is 0 Å². The average Bonchev–Trinajstić information content (AvgIpc) is 2.87. The third kappa shape index (κ3) is 5.19. The van der Waals surface area contributed by atoms with Crippen molar-refractivity contribution in [2.24, 2.45) is 0 Å². The van der Waals surface area contributed by atoms with Crippen molar-refractivity contribution < 1.29 is 17.9 Å². The number of alkyl halides is 3. The number of imidazole rings is 1. The SMILES string of the molecule is C[Si](C)(C)CCOCn1c(C(F)(F)F)cnc1-c1ccc(Br)cc1. The number of hydrogen-bond acceptors (Lipinski definition) is 2. The second-order valence-electron chi connectivity index (χ2n) is 6.75. The van der Waals surface area contributed by atoms with E-state index in [-0.39, 0.29) is 12.6 Å². The highest BCUT2D eigenvalue weighted by molar-refractivity contribution is 9.10. The van der Waals surface area contributed by atoms with E-state index >= 15 is 0 Å². The van der Waals surface area contributed by atoms with Gasteiger partial charge in [0.25, 0.3) is 0 Å². The predicted molar refractivity (Wildman–Crippen MR) is 94.5 cm³/mol. The molecule has 1 aromatic carbocycles. The minimum absolute atomic E-state index is 0.162. The number of aromatic nitrogens is 2. The summed E-state index contributed by atoms with van der Waals surface area (Å²) in [4.78, 5) is 3.97. The Morgan fingerprint density at radius 2 is 1.79 bits per heavy atom. The molecule has 0 N–H and O–H groups in total. The van der Waals surface area contributed by atoms with Gasteiger partial charge in [0.15, 0.2) is 0 Å². The first-order chi connectivity index (χ1) is 11.1. The van der Waals surface area contributed by atoms with E-state index in [2.05, 4.69) is 40.6 Å². The third-order valence-corrected chi connectivity index (χ3v) is 5.70. The molecular weight excluding hydrogens is 401 g/mol. The molecule has 2 rings (SSSR count). The zero-order valence-electron chi connectivity index (χ0n) is 13.8. The van der Waals surface area contributed by atoms with E-state index in [0.29, 0.717) is 12.2 Å². The van der Waals surface area contributed by atoms with Crippen LogP contribution in [0.5, 0.6) is 0 Å². The molecule has 1 heterocycles. The van der Waals surface area contributed by atoms with Gasteiger partial charge >= 0.3 is 6.18 Å². The van der Waals surface area contributed by atoms with Gasteiger partial charge in [0, 0.05) is 24.7 Å². The standard InChI is InChI=1S/C16H20BrF3N2OSi/c1-24(2,3)9-8-23-11-22-14(16(18,19)20)10-21-15(22)12-4-6-13(17)7-5-12/h4-7,10H,8-9,11H2,1-3H3. The fourth-order valence-electron chi connectivity index (χ4n) is 2.10. The van der Waals surface area contributed by atoms with Crippen molar-refractivity contribution >= 4 is 24.0 Å². The van der Waals surface area contributed by atoms with Gasteiger partial charge in [0.1, 0.15) is 18.2 Å². The van der Waals surface area contributed by atoms with Gasteiger partial charge in [-0.05, 0) is 18.2 Å². The van der Waals surface area contributed by atoms with Crippen LogP contribution in [0, 0.1) is 0 Å². The van der Waals surface area contributed by atoms with Crippen LogP contribution in [0.3, 0.4) is 0 Å². The molecule has 132 valence electrons. The van der Waals surface area contributed by atoms with Crippen molar-refractivity contribution in [3.63, 3.8) is 0 Å². The monoisotopic (exact) mass is 420 g/mol. The molecule has 0 fully saturated rings. The minimum Gasteiger partial charge on any atom is -0.361 e. The lowest BCUT2D eigenvalue weighted by atomic mass is 10.2. The van der Waals surface area contributed by atoms with Crippen LogP contribution in [-0.4, -0.2) is 24.2 Å². The van der Waals surface area contributed by atoms with Crippen LogP contribution in [0.15, 0.2) is 34.9 Å². The molecule has 0 aliphatic carbocycles. The number of halogens is 4. The number of rotatable bonds is 6. The Morgan fingerprint density at radius 1 is 1.17 bits per heavy atom. The summed E-state index contributed by atoms with van der Waals surface area (Å²) in [6.45, 7) is 6.88. The number of benzene rings is 1. The van der Waals surface area contributed by atoms with Crippen molar-refractivity contribution in [1.82, 2.24) is 9.55 Å². The van der Waals surface area contributed by atoms with Crippen molar-refractivity contribution in [3.05, 3.63) is 40.6 Å². The second-order valence-corrected chi connectivity index (χ2v) is 13.3. The Hall–Kier alpha value is -1.12. The molecule has 0 bridgehead atoms. The van der Waals surface area contributed by atoms with Crippen LogP contribution in [0.25, 0.3) is 11.4 Å². The molecule has 8 heteroatoms. The normalized spacial score (nSPS) is 12.6. The van der Waals surface area contributed by atoms with Gasteiger partial charge in [0.2, 0.25) is 0 Å². The molecule has 0 unspecified atom stereocenters. The third-order valence-electron chi connectivity index (χ3n) is 3.47. The largest absolute Gasteiger partial charge is 0.433 e. The quantitative estimate of drug-likeness (QED) is 0.446. The molecule has 0 atom stereocenters. The first-order valence-electron chi connectivity index (χ1n) is 7.54. The Bertz CT molecular complexity index is 678. The lowest BCUT2D eigenvalue weighted by Crippen LogP contribution is -2.23. The Kier molecular flexibility index (Phi) is 5.93. The zero-order chi connectivity index (χ0) is 18.0. The van der Waals surface area contributed by atoms with Gasteiger partial charge in [0.05, 0.1) is 6.20 Å². The number of ether oxygens (including phenoxy) is 1. The molecule has 0 spiro atoms. The van der Waals surface area contributed by atoms with Gasteiger partial charge in [-0.3, -0.25) is 4.57 Å². The maximum Gasteiger partial charge on any atom is 0.433 e. The Morgan fingerprint density at radius 3 is 2.33 bits per heavy atom. The molecule has 2 aromatic rings. The highest BCUT2D eigenvalue weighted by Crippen LogP contribution is 2.33. The highest BCUT2D eigenvalue weighted by Gasteiger charge is 2.36. The first-order valence-corrected chi connectivity index (χ1v) is 12.0. The molecule has 24 heavy (non-hydrogen) atoms. The highest BCUT2D eigenvalue weighted by atomic mass is 79.9. The van der Waals surface area contributed by atoms with E-state index in [9.17, 15) is 13.2 Å². The van der Waals surface area contributed by atoms with Crippen LogP contribution in [0.2, 0.25) is 25.7 Å². The molecule has 3 nitrogen and oxygen atoms in total. The Labute approximate surface area is 149 Å². The fourth-order valence-corrected chi connectivity index (χ4v) is 3.12. The van der Waals surface area contributed by atoms with Crippen molar-refractivity contribution in [1.29, 1.82) is 0 Å². The van der Waals surface area contributed by atoms with E-state index in [1.807, 2.05) is 0 Å². The van der Waals surface area contributed by atoms with Crippen molar-refractivity contribution in [3.8, 4) is 11.4 Å². The van der Waals surface area contributed by atoms with Gasteiger partial charge in [-0.25, -0.2) is 4.98 Å². The molecule has 0 radical (unpaired) electrons. The van der Waals surface area contributed by atoms with Crippen LogP contribution in [-0.2, 0) is 17.6 Å². The van der Waals surface area contributed by atoms with Crippen LogP contribution < -0.4 is 0 Å². The lowest BCUT2D eigenvalue weighted by molar-refractivity contribution is -0.145. The molecule has 0 saturated heterocycles. The van der Waals surface area contributed by atoms with Gasteiger partial charge < -0.3 is 4.74 Å². The molecular formula is C16H20BrF3N2OSi. The van der Waals surface area contributed by atoms with E-state index in [1.54, 1.807) is 24.3 Å². The maximum absolute atomic E-state index is 13.2. The van der Waals surface area contributed by atoms with E-state index < -0.39 is 19.9 Å². The van der Waals surface area contributed by atoms with Crippen LogP contribution >= 0.6 is 15.9 Å². The lowest BCUT2D eigenvalue weighted by Gasteiger charge is -2.18. The maximum atomic E-state index is 13.2. The zero-order valence-corrected chi connectivity index (χ0v) is 16.4. The number of nitrogens with zero attached hydrogens (tertiary/aromatic N) is 2. The molecule has 0 saturated carbocycles. The average molecular weight is 421 g/mol. The smallest absolute Gasteiger partial charge is 0.361 e. The Balaban J connectivity index is 2.25. The molecule has 1 aromatic heterocycles. The van der Waals surface area contributed by atoms with E-state index in [1.165, 1.54) is 0 Å². The topological polar surface area (TPSA) is 27.1 Å². The molecule has 0 aliphatic heterocycles. The summed E-state index contributed by atoms with van der Waals surface area (Å²) in [5.41, 5.74) is -0.184. The summed E-state index contributed by atoms with van der Waals surface area (Å²) < 4.78 is 47.1. The summed E-state index contributed by atoms with van der Waals surface area (Å²) in [5, 5.41) is 0. The minimum atomic E-state index is -4.47. The van der Waals surface area contributed by atoms with Gasteiger partial charge in [-0.1, -0.05) is 47.7 Å². The summed E-state index contributed by atoms with van der Waals surface area (Å²) in [6.07, 6.45) is -3.61. The summed E-state index contributed by atoms with van der Waals surface area (Å²) in [5.74, 6) is 0.253. The molecule has 0 aliphatic rings. The van der Waals surface area contributed by atoms with Crippen LogP contribution in [0.1, 0.15) is 5.69 Å². The van der Waals surface area contributed by atoms with E-state index in [4.69, 9.17) is 4.74 Å². The van der Waals surface area contributed by atoms with Gasteiger partial charge in [-0.2, -0.15) is 13.2 Å². The fraction of sp³-hybridized carbons (Fsp3) is 0.438. The summed E-state index contributed by atoms with van der Waals surface area (Å²) in [7, 11) is -1.29. The summed E-state index contributed by atoms with van der Waals surface area (Å²) >= 11 is 3.32. The number of hydrogen-bond donors (Lipinski definition) is 0. The predicted octanol–water partition coefficient (Wildman–Crippen LogP) is 5.64. The first kappa shape index (κ1) is 19.2. The van der Waals surface area contributed by atoms with Crippen molar-refractivity contribution in [2.75, 3.05) is 6.61 Å². The van der Waals surface area contributed by atoms with Crippen molar-refractivity contribution in [2.45, 2.75) is 38.6 Å². The second kappa shape index (κ2) is 7.41. The van der Waals surface area contributed by atoms with Crippen LogP contribution in [0.4, 0.5) is 13.2 Å².